The second kappa shape index (κ2) is 16.4. The van der Waals surface area contributed by atoms with Crippen LogP contribution in [0.3, 0.4) is 0 Å². The number of amides is 2. The highest BCUT2D eigenvalue weighted by Crippen LogP contribution is 2.39. The van der Waals surface area contributed by atoms with E-state index in [0.29, 0.717) is 39.2 Å². The Morgan fingerprint density at radius 2 is 1.34 bits per heavy atom. The second-order valence-electron chi connectivity index (χ2n) is 15.1. The SMILES string of the molecule is Cc1cc(-c2ccc(-c3cccc(C(F)(F)F)c3)c3nc(C(=O)Nc4ccc(CN5CCCC5)cn4)ccc23)ccc1-c1cccc2ccc(C(=O)Nc3ccccn3)nc12. The molecule has 4 aromatic heterocycles. The first-order valence-electron chi connectivity index (χ1n) is 19.9. The van der Waals surface area contributed by atoms with Gasteiger partial charge in [0.05, 0.1) is 16.6 Å². The number of nitrogens with zero attached hydrogens (tertiary/aromatic N) is 5. The largest absolute Gasteiger partial charge is 0.416 e. The van der Waals surface area contributed by atoms with Crippen molar-refractivity contribution in [1.29, 1.82) is 0 Å². The summed E-state index contributed by atoms with van der Waals surface area (Å²) in [5, 5.41) is 7.15. The number of alkyl halides is 3. The molecule has 12 heteroatoms. The van der Waals surface area contributed by atoms with E-state index in [1.807, 2.05) is 61.5 Å². The topological polar surface area (TPSA) is 113 Å². The number of fused-ring (bicyclic) bond motifs is 2. The Hall–Kier alpha value is -7.31. The van der Waals surface area contributed by atoms with Gasteiger partial charge < -0.3 is 10.6 Å². The number of benzene rings is 4. The molecule has 0 saturated carbocycles. The summed E-state index contributed by atoms with van der Waals surface area (Å²) in [6.07, 6.45) is 1.18. The van der Waals surface area contributed by atoms with Crippen LogP contribution >= 0.6 is 0 Å². The van der Waals surface area contributed by atoms with E-state index < -0.39 is 17.6 Å². The van der Waals surface area contributed by atoms with Gasteiger partial charge in [-0.05, 0) is 115 Å². The van der Waals surface area contributed by atoms with Gasteiger partial charge in [-0.1, -0.05) is 78.9 Å². The summed E-state index contributed by atoms with van der Waals surface area (Å²) in [6.45, 7) is 4.90. The summed E-state index contributed by atoms with van der Waals surface area (Å²) in [5.74, 6) is -0.0887. The molecule has 0 bridgehead atoms. The van der Waals surface area contributed by atoms with Gasteiger partial charge in [-0.15, -0.1) is 0 Å². The predicted molar refractivity (Wildman–Crippen MR) is 232 cm³/mol. The molecular formula is C49H38F3N7O2. The third kappa shape index (κ3) is 8.30. The minimum absolute atomic E-state index is 0.0869. The lowest BCUT2D eigenvalue weighted by Gasteiger charge is -2.16. The number of aryl methyl sites for hydroxylation is 1. The number of nitrogens with one attached hydrogen (secondary N) is 2. The highest BCUT2D eigenvalue weighted by atomic mass is 19.4. The fourth-order valence-corrected chi connectivity index (χ4v) is 7.90. The molecule has 0 spiro atoms. The maximum absolute atomic E-state index is 13.9. The Kier molecular flexibility index (Phi) is 10.5. The van der Waals surface area contributed by atoms with Crippen molar-refractivity contribution in [3.63, 3.8) is 0 Å². The van der Waals surface area contributed by atoms with E-state index in [1.165, 1.54) is 18.9 Å². The summed E-state index contributed by atoms with van der Waals surface area (Å²) in [7, 11) is 0. The summed E-state index contributed by atoms with van der Waals surface area (Å²) in [6, 6.07) is 36.5. The molecule has 2 amide bonds. The molecule has 61 heavy (non-hydrogen) atoms. The Morgan fingerprint density at radius 1 is 0.639 bits per heavy atom. The van der Waals surface area contributed by atoms with Gasteiger partial charge in [0.2, 0.25) is 0 Å². The molecule has 0 atom stereocenters. The molecule has 0 unspecified atom stereocenters. The molecule has 2 N–H and O–H groups in total. The molecule has 1 saturated heterocycles. The van der Waals surface area contributed by atoms with Gasteiger partial charge >= 0.3 is 6.18 Å². The number of likely N-dealkylation sites (tertiary alicyclic amines) is 1. The van der Waals surface area contributed by atoms with Crippen LogP contribution in [-0.4, -0.2) is 49.7 Å². The molecule has 5 heterocycles. The van der Waals surface area contributed by atoms with Crippen LogP contribution in [0, 0.1) is 6.92 Å². The van der Waals surface area contributed by atoms with Crippen LogP contribution in [-0.2, 0) is 12.7 Å². The second-order valence-corrected chi connectivity index (χ2v) is 15.1. The van der Waals surface area contributed by atoms with Crippen molar-refractivity contribution in [3.05, 3.63) is 168 Å². The number of carbonyl (C=O) groups is 2. The van der Waals surface area contributed by atoms with Crippen LogP contribution in [0.5, 0.6) is 0 Å². The quantitative estimate of drug-likeness (QED) is 0.149. The smallest absolute Gasteiger partial charge is 0.305 e. The zero-order valence-electron chi connectivity index (χ0n) is 33.0. The number of hydrogen-bond acceptors (Lipinski definition) is 7. The average Bonchev–Trinajstić information content (AvgIpc) is 3.79. The molecule has 0 radical (unpaired) electrons. The van der Waals surface area contributed by atoms with Crippen LogP contribution < -0.4 is 10.6 Å². The van der Waals surface area contributed by atoms with E-state index in [0.717, 1.165) is 70.5 Å². The maximum atomic E-state index is 13.9. The van der Waals surface area contributed by atoms with Gasteiger partial charge in [0.15, 0.2) is 0 Å². The van der Waals surface area contributed by atoms with Crippen molar-refractivity contribution < 1.29 is 22.8 Å². The van der Waals surface area contributed by atoms with Crippen LogP contribution in [0.1, 0.15) is 50.5 Å². The number of carbonyl (C=O) groups excluding carboxylic acids is 2. The lowest BCUT2D eigenvalue weighted by atomic mass is 9.91. The molecule has 9 rings (SSSR count). The van der Waals surface area contributed by atoms with Gasteiger partial charge in [-0.3, -0.25) is 14.5 Å². The molecule has 4 aromatic carbocycles. The molecule has 1 aliphatic heterocycles. The Bertz CT molecular complexity index is 2950. The molecule has 302 valence electrons. The van der Waals surface area contributed by atoms with Crippen LogP contribution in [0.2, 0.25) is 0 Å². The van der Waals surface area contributed by atoms with E-state index in [2.05, 4.69) is 25.5 Å². The van der Waals surface area contributed by atoms with Gasteiger partial charge in [0, 0.05) is 40.8 Å². The normalized spacial score (nSPS) is 13.1. The predicted octanol–water partition coefficient (Wildman–Crippen LogP) is 11.0. The van der Waals surface area contributed by atoms with E-state index in [9.17, 15) is 22.8 Å². The van der Waals surface area contributed by atoms with Gasteiger partial charge in [0.1, 0.15) is 23.0 Å². The maximum Gasteiger partial charge on any atom is 0.416 e. The van der Waals surface area contributed by atoms with Crippen LogP contribution in [0.25, 0.3) is 55.2 Å². The molecule has 0 aliphatic carbocycles. The van der Waals surface area contributed by atoms with E-state index in [4.69, 9.17) is 9.97 Å². The minimum Gasteiger partial charge on any atom is -0.305 e. The Morgan fingerprint density at radius 3 is 2.07 bits per heavy atom. The number of rotatable bonds is 9. The third-order valence-electron chi connectivity index (χ3n) is 10.9. The first kappa shape index (κ1) is 39.2. The molecule has 1 fully saturated rings. The highest BCUT2D eigenvalue weighted by molar-refractivity contribution is 6.08. The average molecular weight is 814 g/mol. The highest BCUT2D eigenvalue weighted by Gasteiger charge is 2.31. The number of pyridine rings is 4. The lowest BCUT2D eigenvalue weighted by Crippen LogP contribution is -2.18. The minimum atomic E-state index is -4.55. The first-order valence-corrected chi connectivity index (χ1v) is 19.9. The molecule has 8 aromatic rings. The van der Waals surface area contributed by atoms with E-state index >= 15 is 0 Å². The summed E-state index contributed by atoms with van der Waals surface area (Å²) >= 11 is 0. The van der Waals surface area contributed by atoms with Gasteiger partial charge in [-0.25, -0.2) is 19.9 Å². The van der Waals surface area contributed by atoms with Crippen molar-refractivity contribution in [1.82, 2.24) is 24.8 Å². The van der Waals surface area contributed by atoms with Crippen LogP contribution in [0.15, 0.2) is 140 Å². The standard InChI is InChI=1S/C49H38F3N7O2/c1-30-26-34(14-16-36(30)39-11-7-8-32-15-20-41(55-45(32)39)47(60)57-43-12-2-3-23-53-43)37-17-18-38(33-9-6-10-35(27-33)49(50,51)52)46-40(37)19-21-42(56-46)48(61)58-44-22-13-31(28-54-44)29-59-24-4-5-25-59/h2-3,6-23,26-28H,4-5,24-25,29H2,1H3,(H,53,57,60)(H,54,58,61). The van der Waals surface area contributed by atoms with Crippen molar-refractivity contribution in [2.75, 3.05) is 23.7 Å². The van der Waals surface area contributed by atoms with Crippen molar-refractivity contribution >= 4 is 45.3 Å². The third-order valence-corrected chi connectivity index (χ3v) is 10.9. The zero-order valence-corrected chi connectivity index (χ0v) is 33.0. The Balaban J connectivity index is 1.07. The monoisotopic (exact) mass is 813 g/mol. The van der Waals surface area contributed by atoms with Crippen molar-refractivity contribution in [2.45, 2.75) is 32.5 Å². The number of halogens is 3. The molecular weight excluding hydrogens is 776 g/mol. The number of aromatic nitrogens is 4. The number of hydrogen-bond donors (Lipinski definition) is 2. The Labute approximate surface area is 349 Å². The molecule has 9 nitrogen and oxygen atoms in total. The lowest BCUT2D eigenvalue weighted by molar-refractivity contribution is -0.137. The van der Waals surface area contributed by atoms with Crippen molar-refractivity contribution in [2.24, 2.45) is 0 Å². The van der Waals surface area contributed by atoms with Crippen molar-refractivity contribution in [3.8, 4) is 33.4 Å². The summed E-state index contributed by atoms with van der Waals surface area (Å²) in [5.41, 5.74) is 6.67. The summed E-state index contributed by atoms with van der Waals surface area (Å²) in [4.78, 5) is 47.4. The van der Waals surface area contributed by atoms with Gasteiger partial charge in [-0.2, -0.15) is 13.2 Å². The van der Waals surface area contributed by atoms with E-state index in [1.54, 1.807) is 67.0 Å². The summed E-state index contributed by atoms with van der Waals surface area (Å²) < 4.78 is 41.7. The van der Waals surface area contributed by atoms with Crippen LogP contribution in [0.4, 0.5) is 24.8 Å². The fourth-order valence-electron chi connectivity index (χ4n) is 7.90. The van der Waals surface area contributed by atoms with E-state index in [-0.39, 0.29) is 17.3 Å². The number of anilines is 2. The van der Waals surface area contributed by atoms with Gasteiger partial charge in [0.25, 0.3) is 11.8 Å². The molecule has 1 aliphatic rings. The zero-order chi connectivity index (χ0) is 42.1. The number of para-hydroxylation sites is 1. The fraction of sp³-hybridized carbons (Fsp3) is 0.143. The first-order chi connectivity index (χ1) is 29.6.